The molecule has 0 saturated carbocycles. The third-order valence-electron chi connectivity index (χ3n) is 7.58. The van der Waals surface area contributed by atoms with Gasteiger partial charge in [-0.05, 0) is 94.2 Å². The molecule has 0 N–H and O–H groups in total. The molecule has 3 aromatic heterocycles. The molecule has 0 bridgehead atoms. The van der Waals surface area contributed by atoms with Gasteiger partial charge >= 0.3 is 0 Å². The van der Waals surface area contributed by atoms with E-state index in [1.165, 1.54) is 28.2 Å². The van der Waals surface area contributed by atoms with Gasteiger partial charge in [-0.2, -0.15) is 5.10 Å². The molecule has 0 saturated heterocycles. The fourth-order valence-corrected chi connectivity index (χ4v) is 5.55. The van der Waals surface area contributed by atoms with E-state index in [0.717, 1.165) is 5.69 Å². The van der Waals surface area contributed by atoms with E-state index in [0.29, 0.717) is 53.6 Å². The molecule has 0 atom stereocenters. The van der Waals surface area contributed by atoms with Crippen molar-refractivity contribution in [3.05, 3.63) is 52.4 Å². The van der Waals surface area contributed by atoms with Crippen LogP contribution in [0.2, 0.25) is 0 Å². The van der Waals surface area contributed by atoms with Crippen molar-refractivity contribution < 1.29 is 0 Å². The Labute approximate surface area is 259 Å². The van der Waals surface area contributed by atoms with Gasteiger partial charge in [0.25, 0.3) is 0 Å². The minimum absolute atomic E-state index is 0.396. The molecule has 0 spiro atoms. The number of hydrogen-bond acceptors (Lipinski definition) is 3. The average Bonchev–Trinajstić information content (AvgIpc) is 3.61. The molecule has 6 nitrogen and oxygen atoms in total. The summed E-state index contributed by atoms with van der Waals surface area (Å²) in [7, 11) is 0. The smallest absolute Gasteiger partial charge is 0.0887 e. The third kappa shape index (κ3) is 9.57. The Kier molecular flexibility index (Phi) is 14.8. The van der Waals surface area contributed by atoms with Crippen molar-refractivity contribution in [3.8, 4) is 0 Å². The summed E-state index contributed by atoms with van der Waals surface area (Å²) in [4.78, 5) is 0. The molecule has 42 heavy (non-hydrogen) atoms. The molecule has 3 rings (SSSR count). The minimum atomic E-state index is 0.396. The van der Waals surface area contributed by atoms with Crippen LogP contribution in [-0.2, 0) is 0 Å². The van der Waals surface area contributed by atoms with Crippen LogP contribution >= 0.6 is 0 Å². The van der Waals surface area contributed by atoms with Crippen LogP contribution in [-0.4, -0.2) is 29.3 Å². The summed E-state index contributed by atoms with van der Waals surface area (Å²) < 4.78 is 6.60. The second-order valence-corrected chi connectivity index (χ2v) is 14.5. The summed E-state index contributed by atoms with van der Waals surface area (Å²) in [6, 6.07) is 3.70. The van der Waals surface area contributed by atoms with Crippen LogP contribution in [0.15, 0.2) is 18.5 Å². The number of hydrogen-bond donors (Lipinski definition) is 0. The molecule has 0 aliphatic carbocycles. The Morgan fingerprint density at radius 1 is 0.476 bits per heavy atom. The summed E-state index contributed by atoms with van der Waals surface area (Å²) >= 11 is 0. The summed E-state index contributed by atoms with van der Waals surface area (Å²) in [5, 5.41) is 13.0. The van der Waals surface area contributed by atoms with E-state index in [4.69, 9.17) is 0 Å². The van der Waals surface area contributed by atoms with Crippen LogP contribution in [0.5, 0.6) is 0 Å². The Morgan fingerprint density at radius 3 is 1.31 bits per heavy atom. The topological polar surface area (TPSA) is 53.5 Å². The monoisotopic (exact) mass is 583 g/mol. The number of rotatable bonds is 9. The maximum absolute atomic E-state index is 4.47. The maximum atomic E-state index is 4.47. The fraction of sp³-hybridized carbons (Fsp3) is 0.750. The normalized spacial score (nSPS) is 12.1. The molecule has 240 valence electrons. The Morgan fingerprint density at radius 2 is 0.952 bits per heavy atom. The van der Waals surface area contributed by atoms with E-state index in [9.17, 15) is 0 Å². The molecule has 0 unspecified atom stereocenters. The van der Waals surface area contributed by atoms with Crippen molar-refractivity contribution in [2.45, 2.75) is 178 Å². The molecular formula is C36H66N6. The second-order valence-electron chi connectivity index (χ2n) is 14.5. The van der Waals surface area contributed by atoms with Gasteiger partial charge in [0.2, 0.25) is 0 Å². The van der Waals surface area contributed by atoms with Crippen molar-refractivity contribution in [2.24, 2.45) is 0 Å². The lowest BCUT2D eigenvalue weighted by Gasteiger charge is -2.18. The second kappa shape index (κ2) is 16.5. The van der Waals surface area contributed by atoms with E-state index < -0.39 is 0 Å². The van der Waals surface area contributed by atoms with Gasteiger partial charge in [0.15, 0.2) is 0 Å². The SMILES string of the molecule is CC(C)c1ccn(C(C)C)c1C(C)C.CC(C)c1cnn(C(C)C)c1C(C)C.CC(C)c1nnn(C(C)C)c1C(C)C. The Balaban J connectivity index is 0.000000315. The van der Waals surface area contributed by atoms with Crippen molar-refractivity contribution in [3.63, 3.8) is 0 Å². The highest BCUT2D eigenvalue weighted by Crippen LogP contribution is 2.30. The van der Waals surface area contributed by atoms with Gasteiger partial charge in [-0.1, -0.05) is 88.3 Å². The van der Waals surface area contributed by atoms with E-state index >= 15 is 0 Å². The summed E-state index contributed by atoms with van der Waals surface area (Å²) in [6.45, 7) is 39.9. The largest absolute Gasteiger partial charge is 0.348 e. The van der Waals surface area contributed by atoms with Crippen LogP contribution in [0.3, 0.4) is 0 Å². The standard InChI is InChI=1S/C13H23N.C12H22N2.C11H21N3/c1-9(2)12-7-8-14(11(5)6)13(12)10(3)4;1-8(2)11-7-13-14(10(5)6)12(11)9(3)4;1-7(2)10-11(8(3)4)14(9(5)6)13-12-10/h7-11H,1-6H3;7-10H,1-6H3;7-9H,1-6H3. The minimum Gasteiger partial charge on any atom is -0.348 e. The van der Waals surface area contributed by atoms with Crippen LogP contribution in [0.25, 0.3) is 0 Å². The predicted molar refractivity (Wildman–Crippen MR) is 182 cm³/mol. The van der Waals surface area contributed by atoms with Crippen LogP contribution in [0.1, 0.15) is 212 Å². The van der Waals surface area contributed by atoms with Crippen LogP contribution in [0.4, 0.5) is 0 Å². The van der Waals surface area contributed by atoms with Gasteiger partial charge in [-0.25, -0.2) is 4.68 Å². The van der Waals surface area contributed by atoms with Crippen molar-refractivity contribution in [1.82, 2.24) is 29.3 Å². The van der Waals surface area contributed by atoms with Crippen molar-refractivity contribution >= 4 is 0 Å². The van der Waals surface area contributed by atoms with Crippen molar-refractivity contribution in [1.29, 1.82) is 0 Å². The van der Waals surface area contributed by atoms with Gasteiger partial charge in [0.05, 0.1) is 17.6 Å². The highest BCUT2D eigenvalue weighted by molar-refractivity contribution is 5.29. The molecule has 0 aromatic carbocycles. The molecule has 0 aliphatic rings. The summed E-state index contributed by atoms with van der Waals surface area (Å²) in [5.74, 6) is 3.32. The first kappa shape index (κ1) is 37.7. The predicted octanol–water partition coefficient (Wildman–Crippen LogP) is 11.1. The van der Waals surface area contributed by atoms with Gasteiger partial charge in [-0.15, -0.1) is 5.10 Å². The van der Waals surface area contributed by atoms with Crippen LogP contribution in [0, 0.1) is 0 Å². The number of aromatic nitrogens is 6. The Hall–Kier alpha value is -2.37. The maximum Gasteiger partial charge on any atom is 0.0887 e. The zero-order chi connectivity index (χ0) is 32.6. The van der Waals surface area contributed by atoms with Crippen molar-refractivity contribution in [2.75, 3.05) is 0 Å². The lowest BCUT2D eigenvalue weighted by molar-refractivity contribution is 0.484. The van der Waals surface area contributed by atoms with E-state index in [1.54, 1.807) is 0 Å². The van der Waals surface area contributed by atoms with Gasteiger partial charge < -0.3 is 4.57 Å². The van der Waals surface area contributed by atoms with E-state index in [1.807, 2.05) is 10.9 Å². The highest BCUT2D eigenvalue weighted by atomic mass is 15.4. The lowest BCUT2D eigenvalue weighted by Crippen LogP contribution is -2.10. The third-order valence-corrected chi connectivity index (χ3v) is 7.58. The molecule has 3 aromatic rings. The first-order valence-electron chi connectivity index (χ1n) is 16.6. The zero-order valence-electron chi connectivity index (χ0n) is 30.6. The molecule has 6 heteroatoms. The quantitative estimate of drug-likeness (QED) is 0.252. The summed E-state index contributed by atoms with van der Waals surface area (Å²) in [5.41, 5.74) is 8.25. The average molecular weight is 583 g/mol. The molecule has 0 fully saturated rings. The number of nitrogens with zero attached hydrogens (tertiary/aromatic N) is 6. The fourth-order valence-electron chi connectivity index (χ4n) is 5.55. The lowest BCUT2D eigenvalue weighted by atomic mass is 9.97. The first-order chi connectivity index (χ1) is 19.3. The molecule has 0 amide bonds. The van der Waals surface area contributed by atoms with E-state index in [2.05, 4.69) is 162 Å². The van der Waals surface area contributed by atoms with E-state index in [-0.39, 0.29) is 0 Å². The zero-order valence-corrected chi connectivity index (χ0v) is 30.6. The van der Waals surface area contributed by atoms with Gasteiger partial charge in [-0.3, -0.25) is 4.68 Å². The van der Waals surface area contributed by atoms with Crippen LogP contribution < -0.4 is 0 Å². The first-order valence-corrected chi connectivity index (χ1v) is 16.6. The molecule has 0 radical (unpaired) electrons. The highest BCUT2D eigenvalue weighted by Gasteiger charge is 2.20. The van der Waals surface area contributed by atoms with Gasteiger partial charge in [0, 0.05) is 35.7 Å². The molecular weight excluding hydrogens is 516 g/mol. The molecule has 3 heterocycles. The molecule has 0 aliphatic heterocycles. The van der Waals surface area contributed by atoms with Gasteiger partial charge in [0.1, 0.15) is 0 Å². The Bertz CT molecular complexity index is 957. The summed E-state index contributed by atoms with van der Waals surface area (Å²) in [6.07, 6.45) is 4.26.